The minimum Gasteiger partial charge on any atom is -0.497 e. The van der Waals surface area contributed by atoms with Crippen LogP contribution in [-0.4, -0.2) is 84.8 Å². The normalized spacial score (nSPS) is 16.3. The van der Waals surface area contributed by atoms with Crippen molar-refractivity contribution in [1.29, 1.82) is 0 Å². The number of rotatable bonds is 7. The molecule has 0 bridgehead atoms. The summed E-state index contributed by atoms with van der Waals surface area (Å²) in [5, 5.41) is 0. The predicted octanol–water partition coefficient (Wildman–Crippen LogP) is 2.70. The molecular formula is C27H31N3O6. The summed E-state index contributed by atoms with van der Waals surface area (Å²) in [6.45, 7) is 5.20. The summed E-state index contributed by atoms with van der Waals surface area (Å²) in [7, 11) is 3.05. The maximum atomic E-state index is 13.6. The largest absolute Gasteiger partial charge is 0.497 e. The van der Waals surface area contributed by atoms with Crippen LogP contribution in [0, 0.1) is 5.92 Å². The number of fused-ring (bicyclic) bond motifs is 1. The van der Waals surface area contributed by atoms with Gasteiger partial charge in [-0.05, 0) is 36.6 Å². The van der Waals surface area contributed by atoms with Crippen LogP contribution in [0.2, 0.25) is 0 Å². The van der Waals surface area contributed by atoms with Crippen molar-refractivity contribution in [3.8, 4) is 11.5 Å². The Balaban J connectivity index is 1.48. The van der Waals surface area contributed by atoms with Gasteiger partial charge in [-0.1, -0.05) is 26.0 Å². The molecular weight excluding hydrogens is 462 g/mol. The summed E-state index contributed by atoms with van der Waals surface area (Å²) in [6.07, 6.45) is 0.368. The van der Waals surface area contributed by atoms with Gasteiger partial charge in [-0.25, -0.2) is 0 Å². The summed E-state index contributed by atoms with van der Waals surface area (Å²) in [6, 6.07) is 10.8. The number of amides is 4. The fourth-order valence-corrected chi connectivity index (χ4v) is 4.71. The van der Waals surface area contributed by atoms with Crippen molar-refractivity contribution in [2.45, 2.75) is 26.3 Å². The minimum absolute atomic E-state index is 0.0918. The first-order valence-corrected chi connectivity index (χ1v) is 12.0. The smallest absolute Gasteiger partial charge is 0.262 e. The van der Waals surface area contributed by atoms with Crippen LogP contribution >= 0.6 is 0 Å². The van der Waals surface area contributed by atoms with E-state index in [0.29, 0.717) is 60.8 Å². The first kappa shape index (κ1) is 25.2. The molecule has 0 saturated carbocycles. The van der Waals surface area contributed by atoms with Gasteiger partial charge >= 0.3 is 0 Å². The van der Waals surface area contributed by atoms with Crippen molar-refractivity contribution >= 4 is 23.6 Å². The summed E-state index contributed by atoms with van der Waals surface area (Å²) < 4.78 is 10.5. The van der Waals surface area contributed by atoms with E-state index in [9.17, 15) is 19.2 Å². The van der Waals surface area contributed by atoms with E-state index >= 15 is 0 Å². The van der Waals surface area contributed by atoms with Crippen molar-refractivity contribution in [3.63, 3.8) is 0 Å². The number of hydrogen-bond acceptors (Lipinski definition) is 6. The van der Waals surface area contributed by atoms with E-state index in [4.69, 9.17) is 9.47 Å². The number of piperazine rings is 1. The molecule has 2 aromatic carbocycles. The lowest BCUT2D eigenvalue weighted by molar-refractivity contribution is -0.137. The van der Waals surface area contributed by atoms with E-state index < -0.39 is 17.9 Å². The molecule has 1 saturated heterocycles. The highest BCUT2D eigenvalue weighted by Gasteiger charge is 2.44. The number of carbonyl (C=O) groups is 4. The van der Waals surface area contributed by atoms with Gasteiger partial charge in [-0.2, -0.15) is 0 Å². The van der Waals surface area contributed by atoms with Crippen LogP contribution in [0.25, 0.3) is 0 Å². The molecule has 0 aliphatic carbocycles. The van der Waals surface area contributed by atoms with Crippen molar-refractivity contribution < 1.29 is 28.7 Å². The SMILES string of the molecule is COc1cc(OC)cc(C(=O)N2CCN(C(=O)C(CC(C)C)N3C(=O)c4ccccc4C3=O)CC2)c1. The Bertz CT molecular complexity index is 1130. The van der Waals surface area contributed by atoms with Gasteiger partial charge in [0.15, 0.2) is 0 Å². The van der Waals surface area contributed by atoms with Gasteiger partial charge < -0.3 is 19.3 Å². The van der Waals surface area contributed by atoms with Crippen LogP contribution in [0.3, 0.4) is 0 Å². The number of methoxy groups -OCH3 is 2. The number of carbonyl (C=O) groups excluding carboxylic acids is 4. The zero-order valence-corrected chi connectivity index (χ0v) is 21.0. The zero-order chi connectivity index (χ0) is 26.0. The fraction of sp³-hybridized carbons (Fsp3) is 0.407. The monoisotopic (exact) mass is 493 g/mol. The Labute approximate surface area is 210 Å². The first-order valence-electron chi connectivity index (χ1n) is 12.0. The summed E-state index contributed by atoms with van der Waals surface area (Å²) >= 11 is 0. The standard InChI is InChI=1S/C27H31N3O6/c1-17(2)13-23(30-25(32)21-7-5-6-8-22(21)26(30)33)27(34)29-11-9-28(10-12-29)24(31)18-14-19(35-3)16-20(15-18)36-4/h5-8,14-17,23H,9-13H2,1-4H3. The fourth-order valence-electron chi connectivity index (χ4n) is 4.71. The summed E-state index contributed by atoms with van der Waals surface area (Å²) in [5.41, 5.74) is 1.09. The molecule has 2 aliphatic rings. The van der Waals surface area contributed by atoms with E-state index in [0.717, 1.165) is 4.90 Å². The van der Waals surface area contributed by atoms with Crippen LogP contribution in [0.15, 0.2) is 42.5 Å². The van der Waals surface area contributed by atoms with Crippen LogP contribution in [0.4, 0.5) is 0 Å². The molecule has 2 heterocycles. The average molecular weight is 494 g/mol. The molecule has 1 unspecified atom stereocenters. The van der Waals surface area contributed by atoms with Crippen molar-refractivity contribution in [3.05, 3.63) is 59.2 Å². The molecule has 2 aliphatic heterocycles. The van der Waals surface area contributed by atoms with Gasteiger partial charge in [0.2, 0.25) is 5.91 Å². The maximum absolute atomic E-state index is 13.6. The maximum Gasteiger partial charge on any atom is 0.262 e. The van der Waals surface area contributed by atoms with E-state index in [1.807, 2.05) is 13.8 Å². The van der Waals surface area contributed by atoms with E-state index in [2.05, 4.69) is 0 Å². The van der Waals surface area contributed by atoms with Crippen LogP contribution < -0.4 is 9.47 Å². The van der Waals surface area contributed by atoms with E-state index in [1.54, 1.807) is 52.3 Å². The molecule has 190 valence electrons. The average Bonchev–Trinajstić information content (AvgIpc) is 3.15. The lowest BCUT2D eigenvalue weighted by Gasteiger charge is -2.38. The Hall–Kier alpha value is -3.88. The Morgan fingerprint density at radius 3 is 1.81 bits per heavy atom. The Morgan fingerprint density at radius 1 is 0.833 bits per heavy atom. The predicted molar refractivity (Wildman–Crippen MR) is 132 cm³/mol. The lowest BCUT2D eigenvalue weighted by Crippen LogP contribution is -2.57. The quantitative estimate of drug-likeness (QED) is 0.551. The van der Waals surface area contributed by atoms with Gasteiger partial charge in [0, 0.05) is 37.8 Å². The molecule has 0 spiro atoms. The van der Waals surface area contributed by atoms with E-state index in [1.165, 1.54) is 14.2 Å². The second-order valence-corrected chi connectivity index (χ2v) is 9.39. The van der Waals surface area contributed by atoms with Gasteiger partial charge in [-0.3, -0.25) is 24.1 Å². The molecule has 1 atom stereocenters. The molecule has 0 N–H and O–H groups in total. The second kappa shape index (κ2) is 10.4. The van der Waals surface area contributed by atoms with Crippen LogP contribution in [0.5, 0.6) is 11.5 Å². The lowest BCUT2D eigenvalue weighted by atomic mass is 10.0. The molecule has 2 aromatic rings. The van der Waals surface area contributed by atoms with Crippen LogP contribution in [-0.2, 0) is 4.79 Å². The van der Waals surface area contributed by atoms with Gasteiger partial charge in [0.1, 0.15) is 17.5 Å². The highest BCUT2D eigenvalue weighted by Crippen LogP contribution is 2.28. The highest BCUT2D eigenvalue weighted by molar-refractivity contribution is 6.22. The highest BCUT2D eigenvalue weighted by atomic mass is 16.5. The third kappa shape index (κ3) is 4.78. The molecule has 9 nitrogen and oxygen atoms in total. The van der Waals surface area contributed by atoms with Gasteiger partial charge in [0.25, 0.3) is 17.7 Å². The molecule has 9 heteroatoms. The van der Waals surface area contributed by atoms with E-state index in [-0.39, 0.29) is 17.7 Å². The first-order chi connectivity index (χ1) is 17.2. The topological polar surface area (TPSA) is 96.5 Å². The zero-order valence-electron chi connectivity index (χ0n) is 21.0. The Morgan fingerprint density at radius 2 is 1.33 bits per heavy atom. The molecule has 36 heavy (non-hydrogen) atoms. The van der Waals surface area contributed by atoms with Gasteiger partial charge in [-0.15, -0.1) is 0 Å². The number of benzene rings is 2. The number of ether oxygens (including phenoxy) is 2. The van der Waals surface area contributed by atoms with Gasteiger partial charge in [0.05, 0.1) is 25.3 Å². The summed E-state index contributed by atoms with van der Waals surface area (Å²) in [4.78, 5) is 57.4. The van der Waals surface area contributed by atoms with Crippen molar-refractivity contribution in [1.82, 2.24) is 14.7 Å². The molecule has 0 aromatic heterocycles. The molecule has 1 fully saturated rings. The second-order valence-electron chi connectivity index (χ2n) is 9.39. The molecule has 4 rings (SSSR count). The number of nitrogens with zero attached hydrogens (tertiary/aromatic N) is 3. The number of hydrogen-bond donors (Lipinski definition) is 0. The Kier molecular flexibility index (Phi) is 7.28. The van der Waals surface area contributed by atoms with Crippen LogP contribution in [0.1, 0.15) is 51.3 Å². The minimum atomic E-state index is -0.887. The number of imide groups is 1. The molecule has 4 amide bonds. The third-order valence-electron chi connectivity index (χ3n) is 6.59. The van der Waals surface area contributed by atoms with Crippen molar-refractivity contribution in [2.75, 3.05) is 40.4 Å². The molecule has 0 radical (unpaired) electrons. The summed E-state index contributed by atoms with van der Waals surface area (Å²) in [5.74, 6) is -0.195. The third-order valence-corrected chi connectivity index (χ3v) is 6.59. The van der Waals surface area contributed by atoms with Crippen molar-refractivity contribution in [2.24, 2.45) is 5.92 Å².